The molecule has 0 bridgehead atoms. The Morgan fingerprint density at radius 1 is 1.12 bits per heavy atom. The summed E-state index contributed by atoms with van der Waals surface area (Å²) in [6, 6.07) is 0. The van der Waals surface area contributed by atoms with Crippen LogP contribution in [0.2, 0.25) is 0 Å². The van der Waals surface area contributed by atoms with Gasteiger partial charge in [0.2, 0.25) is 0 Å². The molecule has 0 N–H and O–H groups in total. The van der Waals surface area contributed by atoms with Gasteiger partial charge in [-0.15, -0.1) is 0 Å². The fourth-order valence-corrected chi connectivity index (χ4v) is 3.33. The van der Waals surface area contributed by atoms with Gasteiger partial charge in [0.05, 0.1) is 11.5 Å². The molecule has 90 valence electrons. The molecule has 3 rings (SSSR count). The van der Waals surface area contributed by atoms with E-state index in [1.165, 1.54) is 38.5 Å². The molecule has 0 aliphatic heterocycles. The van der Waals surface area contributed by atoms with Crippen LogP contribution < -0.4 is 0 Å². The molecule has 0 aromatic rings. The van der Waals surface area contributed by atoms with Crippen molar-refractivity contribution in [1.82, 2.24) is 0 Å². The Morgan fingerprint density at radius 3 is 2.38 bits per heavy atom. The van der Waals surface area contributed by atoms with Crippen LogP contribution in [0.3, 0.4) is 0 Å². The van der Waals surface area contributed by atoms with Crippen molar-refractivity contribution in [3.8, 4) is 0 Å². The van der Waals surface area contributed by atoms with Crippen LogP contribution in [-0.4, -0.2) is 18.5 Å². The molecule has 0 radical (unpaired) electrons. The second kappa shape index (κ2) is 4.14. The van der Waals surface area contributed by atoms with Crippen LogP contribution in [0.1, 0.15) is 57.8 Å². The van der Waals surface area contributed by atoms with E-state index in [9.17, 15) is 4.79 Å². The molecule has 1 unspecified atom stereocenters. The molecule has 2 heteroatoms. The van der Waals surface area contributed by atoms with Gasteiger partial charge >= 0.3 is 0 Å². The Kier molecular flexibility index (Phi) is 2.78. The van der Waals surface area contributed by atoms with Crippen molar-refractivity contribution in [3.05, 3.63) is 0 Å². The Labute approximate surface area is 97.7 Å². The summed E-state index contributed by atoms with van der Waals surface area (Å²) in [6.45, 7) is 0.916. The smallest absolute Gasteiger partial charge is 0.144 e. The van der Waals surface area contributed by atoms with Gasteiger partial charge in [-0.25, -0.2) is 0 Å². The SMILES string of the molecule is O=C1CC(OCC2CC2)C12CCCCCC2. The van der Waals surface area contributed by atoms with Crippen molar-refractivity contribution < 1.29 is 9.53 Å². The second-order valence-corrected chi connectivity index (χ2v) is 5.96. The topological polar surface area (TPSA) is 26.3 Å². The summed E-state index contributed by atoms with van der Waals surface area (Å²) in [6.07, 6.45) is 10.9. The van der Waals surface area contributed by atoms with E-state index in [0.717, 1.165) is 25.4 Å². The molecular formula is C14H22O2. The van der Waals surface area contributed by atoms with Gasteiger partial charge in [-0.2, -0.15) is 0 Å². The fraction of sp³-hybridized carbons (Fsp3) is 0.929. The minimum atomic E-state index is -0.0363. The first-order valence-electron chi connectivity index (χ1n) is 6.96. The number of carbonyl (C=O) groups excluding carboxylic acids is 1. The molecule has 0 amide bonds. The van der Waals surface area contributed by atoms with Gasteiger partial charge in [-0.05, 0) is 31.6 Å². The van der Waals surface area contributed by atoms with Gasteiger partial charge in [0.15, 0.2) is 0 Å². The number of hydrogen-bond acceptors (Lipinski definition) is 2. The fourth-order valence-electron chi connectivity index (χ4n) is 3.33. The largest absolute Gasteiger partial charge is 0.376 e. The van der Waals surface area contributed by atoms with Crippen molar-refractivity contribution in [2.45, 2.75) is 63.9 Å². The Morgan fingerprint density at radius 2 is 1.81 bits per heavy atom. The average molecular weight is 222 g/mol. The number of rotatable bonds is 3. The summed E-state index contributed by atoms with van der Waals surface area (Å²) in [5, 5.41) is 0. The number of ether oxygens (including phenoxy) is 1. The zero-order valence-electron chi connectivity index (χ0n) is 10.0. The molecule has 3 saturated carbocycles. The number of Topliss-reactive ketones (excluding diaryl/α,β-unsaturated/α-hetero) is 1. The predicted molar refractivity (Wildman–Crippen MR) is 62.2 cm³/mol. The molecule has 3 aliphatic rings. The highest BCUT2D eigenvalue weighted by Gasteiger charge is 2.54. The minimum absolute atomic E-state index is 0.0363. The van der Waals surface area contributed by atoms with Gasteiger partial charge in [-0.3, -0.25) is 4.79 Å². The molecule has 1 atom stereocenters. The van der Waals surface area contributed by atoms with Crippen molar-refractivity contribution in [3.63, 3.8) is 0 Å². The molecule has 3 aliphatic carbocycles. The van der Waals surface area contributed by atoms with Gasteiger partial charge in [0.1, 0.15) is 5.78 Å². The Balaban J connectivity index is 1.61. The van der Waals surface area contributed by atoms with Crippen molar-refractivity contribution >= 4 is 5.78 Å². The lowest BCUT2D eigenvalue weighted by molar-refractivity contribution is -0.166. The molecule has 1 spiro atoms. The van der Waals surface area contributed by atoms with Gasteiger partial charge in [0, 0.05) is 13.0 Å². The summed E-state index contributed by atoms with van der Waals surface area (Å²) in [5.41, 5.74) is -0.0363. The number of carbonyl (C=O) groups is 1. The highest BCUT2D eigenvalue weighted by atomic mass is 16.5. The monoisotopic (exact) mass is 222 g/mol. The highest BCUT2D eigenvalue weighted by molar-refractivity contribution is 5.92. The van der Waals surface area contributed by atoms with Crippen LogP contribution in [0.4, 0.5) is 0 Å². The van der Waals surface area contributed by atoms with Gasteiger partial charge in [0.25, 0.3) is 0 Å². The van der Waals surface area contributed by atoms with E-state index in [-0.39, 0.29) is 11.5 Å². The van der Waals surface area contributed by atoms with Gasteiger partial charge < -0.3 is 4.74 Å². The average Bonchev–Trinajstić information content (AvgIpc) is 3.10. The summed E-state index contributed by atoms with van der Waals surface area (Å²) < 4.78 is 6.00. The summed E-state index contributed by atoms with van der Waals surface area (Å²) in [4.78, 5) is 12.0. The number of hydrogen-bond donors (Lipinski definition) is 0. The first-order valence-corrected chi connectivity index (χ1v) is 6.96. The van der Waals surface area contributed by atoms with E-state index in [1.54, 1.807) is 0 Å². The van der Waals surface area contributed by atoms with Crippen LogP contribution in [0.15, 0.2) is 0 Å². The normalized spacial score (nSPS) is 33.5. The van der Waals surface area contributed by atoms with E-state index in [0.29, 0.717) is 12.2 Å². The lowest BCUT2D eigenvalue weighted by atomic mass is 9.60. The lowest BCUT2D eigenvalue weighted by Gasteiger charge is -2.47. The van der Waals surface area contributed by atoms with E-state index in [4.69, 9.17) is 4.74 Å². The standard InChI is InChI=1S/C14H22O2/c15-12-9-13(16-10-11-5-6-11)14(12)7-3-1-2-4-8-14/h11,13H,1-10H2. The minimum Gasteiger partial charge on any atom is -0.376 e. The van der Waals surface area contributed by atoms with Crippen molar-refractivity contribution in [2.24, 2.45) is 11.3 Å². The van der Waals surface area contributed by atoms with Crippen LogP contribution in [0.5, 0.6) is 0 Å². The molecule has 3 fully saturated rings. The van der Waals surface area contributed by atoms with Crippen LogP contribution in [0, 0.1) is 11.3 Å². The first kappa shape index (κ1) is 10.8. The summed E-state index contributed by atoms with van der Waals surface area (Å²) >= 11 is 0. The Bertz CT molecular complexity index is 272. The van der Waals surface area contributed by atoms with E-state index < -0.39 is 0 Å². The maximum Gasteiger partial charge on any atom is 0.144 e. The highest BCUT2D eigenvalue weighted by Crippen LogP contribution is 2.50. The predicted octanol–water partition coefficient (Wildman–Crippen LogP) is 3.10. The lowest BCUT2D eigenvalue weighted by Crippen LogP contribution is -2.55. The molecule has 16 heavy (non-hydrogen) atoms. The second-order valence-electron chi connectivity index (χ2n) is 5.96. The summed E-state index contributed by atoms with van der Waals surface area (Å²) in [5.74, 6) is 1.31. The third kappa shape index (κ3) is 1.81. The molecule has 2 nitrogen and oxygen atoms in total. The van der Waals surface area contributed by atoms with Crippen molar-refractivity contribution in [1.29, 1.82) is 0 Å². The third-order valence-corrected chi connectivity index (χ3v) is 4.77. The zero-order chi connectivity index (χ0) is 11.0. The molecule has 0 heterocycles. The molecular weight excluding hydrogens is 200 g/mol. The van der Waals surface area contributed by atoms with Crippen LogP contribution in [0.25, 0.3) is 0 Å². The van der Waals surface area contributed by atoms with Gasteiger partial charge in [-0.1, -0.05) is 25.7 Å². The van der Waals surface area contributed by atoms with E-state index >= 15 is 0 Å². The number of ketones is 1. The van der Waals surface area contributed by atoms with Crippen LogP contribution in [-0.2, 0) is 9.53 Å². The zero-order valence-corrected chi connectivity index (χ0v) is 10.0. The quantitative estimate of drug-likeness (QED) is 0.733. The third-order valence-electron chi connectivity index (χ3n) is 4.77. The summed E-state index contributed by atoms with van der Waals surface area (Å²) in [7, 11) is 0. The maximum atomic E-state index is 12.0. The first-order chi connectivity index (χ1) is 7.81. The Hall–Kier alpha value is -0.370. The molecule has 0 saturated heterocycles. The molecule has 0 aromatic heterocycles. The molecule has 0 aromatic carbocycles. The maximum absolute atomic E-state index is 12.0. The van der Waals surface area contributed by atoms with E-state index in [1.807, 2.05) is 0 Å². The van der Waals surface area contributed by atoms with Crippen molar-refractivity contribution in [2.75, 3.05) is 6.61 Å². The van der Waals surface area contributed by atoms with Crippen LogP contribution >= 0.6 is 0 Å². The van der Waals surface area contributed by atoms with E-state index in [2.05, 4.69) is 0 Å².